The zero-order valence-corrected chi connectivity index (χ0v) is 19.4. The summed E-state index contributed by atoms with van der Waals surface area (Å²) in [6.45, 7) is 0. The molecule has 0 bridgehead atoms. The largest absolute Gasteiger partial charge is 0.497 e. The number of hydrogen-bond donors (Lipinski definition) is 0. The van der Waals surface area contributed by atoms with Crippen LogP contribution in [-0.4, -0.2) is 31.3 Å². The van der Waals surface area contributed by atoms with Crippen molar-refractivity contribution in [3.63, 3.8) is 0 Å². The van der Waals surface area contributed by atoms with Gasteiger partial charge in [-0.1, -0.05) is 48.6 Å². The Kier molecular flexibility index (Phi) is 7.35. The summed E-state index contributed by atoms with van der Waals surface area (Å²) in [6, 6.07) is 25.5. The van der Waals surface area contributed by atoms with Gasteiger partial charge in [-0.15, -0.1) is 0 Å². The van der Waals surface area contributed by atoms with Gasteiger partial charge in [-0.05, 0) is 65.7 Å². The summed E-state index contributed by atoms with van der Waals surface area (Å²) in [6.07, 6.45) is 7.97. The predicted molar refractivity (Wildman–Crippen MR) is 138 cm³/mol. The SMILES string of the molecule is COc1cccc(/C=C\c2cc(/C=C\c3cccc(OC)c3)nc(-c3cccc(OC)c3)n2)c1. The second kappa shape index (κ2) is 11.0. The van der Waals surface area contributed by atoms with Crippen LogP contribution >= 0.6 is 0 Å². The Morgan fingerprint density at radius 1 is 0.529 bits per heavy atom. The Morgan fingerprint density at radius 3 is 1.50 bits per heavy atom. The molecule has 0 spiro atoms. The second-order valence-electron chi connectivity index (χ2n) is 7.49. The Hall–Kier alpha value is -4.38. The summed E-state index contributed by atoms with van der Waals surface area (Å²) < 4.78 is 16.0. The molecule has 34 heavy (non-hydrogen) atoms. The average molecular weight is 451 g/mol. The normalized spacial score (nSPS) is 11.1. The standard InChI is InChI=1S/C29H26N2O3/c1-32-26-10-4-7-21(17-26)13-15-24-20-25(16-14-22-8-5-11-27(18-22)33-2)31-29(30-24)23-9-6-12-28(19-23)34-3/h4-20H,1-3H3/b15-13-,16-14-. The molecule has 0 saturated heterocycles. The maximum atomic E-state index is 5.38. The molecule has 0 amide bonds. The molecule has 5 nitrogen and oxygen atoms in total. The van der Waals surface area contributed by atoms with E-state index in [9.17, 15) is 0 Å². The lowest BCUT2D eigenvalue weighted by Gasteiger charge is -2.06. The first-order valence-corrected chi connectivity index (χ1v) is 10.8. The third kappa shape index (κ3) is 5.90. The molecular weight excluding hydrogens is 424 g/mol. The molecule has 0 aliphatic heterocycles. The van der Waals surface area contributed by atoms with Gasteiger partial charge in [-0.25, -0.2) is 9.97 Å². The summed E-state index contributed by atoms with van der Waals surface area (Å²) >= 11 is 0. The molecule has 0 radical (unpaired) electrons. The van der Waals surface area contributed by atoms with Crippen molar-refractivity contribution in [2.75, 3.05) is 21.3 Å². The van der Waals surface area contributed by atoms with Gasteiger partial charge in [0.1, 0.15) is 17.2 Å². The molecule has 0 aliphatic rings. The number of hydrogen-bond acceptors (Lipinski definition) is 5. The summed E-state index contributed by atoms with van der Waals surface area (Å²) in [5.74, 6) is 3.00. The van der Waals surface area contributed by atoms with Crippen LogP contribution in [0.1, 0.15) is 22.5 Å². The Morgan fingerprint density at radius 2 is 1.00 bits per heavy atom. The Balaban J connectivity index is 1.72. The quantitative estimate of drug-likeness (QED) is 0.306. The lowest BCUT2D eigenvalue weighted by atomic mass is 10.1. The molecular formula is C29H26N2O3. The van der Waals surface area contributed by atoms with Crippen molar-refractivity contribution >= 4 is 24.3 Å². The van der Waals surface area contributed by atoms with Crippen LogP contribution < -0.4 is 14.2 Å². The van der Waals surface area contributed by atoms with Gasteiger partial charge in [0, 0.05) is 5.56 Å². The van der Waals surface area contributed by atoms with Gasteiger partial charge in [0.15, 0.2) is 5.82 Å². The molecule has 5 heteroatoms. The summed E-state index contributed by atoms with van der Waals surface area (Å²) in [5, 5.41) is 0. The van der Waals surface area contributed by atoms with E-state index in [2.05, 4.69) is 0 Å². The van der Waals surface area contributed by atoms with Crippen molar-refractivity contribution in [3.8, 4) is 28.6 Å². The number of ether oxygens (including phenoxy) is 3. The molecule has 3 aromatic carbocycles. The van der Waals surface area contributed by atoms with Gasteiger partial charge in [0.25, 0.3) is 0 Å². The van der Waals surface area contributed by atoms with Gasteiger partial charge < -0.3 is 14.2 Å². The topological polar surface area (TPSA) is 53.5 Å². The molecule has 1 heterocycles. The number of aromatic nitrogens is 2. The molecule has 0 aliphatic carbocycles. The van der Waals surface area contributed by atoms with E-state index in [1.807, 2.05) is 103 Å². The summed E-state index contributed by atoms with van der Waals surface area (Å²) in [7, 11) is 4.97. The van der Waals surface area contributed by atoms with Crippen molar-refractivity contribution in [1.82, 2.24) is 9.97 Å². The van der Waals surface area contributed by atoms with Crippen molar-refractivity contribution in [3.05, 3.63) is 101 Å². The monoisotopic (exact) mass is 450 g/mol. The van der Waals surface area contributed by atoms with Gasteiger partial charge >= 0.3 is 0 Å². The van der Waals surface area contributed by atoms with Crippen LogP contribution in [0, 0.1) is 0 Å². The molecule has 170 valence electrons. The molecule has 1 aromatic heterocycles. The van der Waals surface area contributed by atoms with Crippen LogP contribution in [0.2, 0.25) is 0 Å². The number of benzene rings is 3. The Labute approximate surface area is 200 Å². The van der Waals surface area contributed by atoms with E-state index in [-0.39, 0.29) is 0 Å². The molecule has 0 fully saturated rings. The van der Waals surface area contributed by atoms with Crippen LogP contribution in [0.4, 0.5) is 0 Å². The van der Waals surface area contributed by atoms with E-state index in [1.54, 1.807) is 21.3 Å². The maximum absolute atomic E-state index is 5.38. The smallest absolute Gasteiger partial charge is 0.160 e. The van der Waals surface area contributed by atoms with Crippen LogP contribution in [0.25, 0.3) is 35.7 Å². The number of methoxy groups -OCH3 is 3. The van der Waals surface area contributed by atoms with Gasteiger partial charge in [-0.2, -0.15) is 0 Å². The molecule has 4 aromatic rings. The van der Waals surface area contributed by atoms with E-state index in [0.717, 1.165) is 45.3 Å². The van der Waals surface area contributed by atoms with Gasteiger partial charge in [0.05, 0.1) is 32.7 Å². The van der Waals surface area contributed by atoms with E-state index >= 15 is 0 Å². The van der Waals surface area contributed by atoms with E-state index in [1.165, 1.54) is 0 Å². The van der Waals surface area contributed by atoms with E-state index in [0.29, 0.717) is 5.82 Å². The second-order valence-corrected chi connectivity index (χ2v) is 7.49. The third-order valence-electron chi connectivity index (χ3n) is 5.17. The third-order valence-corrected chi connectivity index (χ3v) is 5.17. The molecule has 0 atom stereocenters. The minimum atomic E-state index is 0.622. The molecule has 0 unspecified atom stereocenters. The molecule has 4 rings (SSSR count). The van der Waals surface area contributed by atoms with Crippen LogP contribution in [0.5, 0.6) is 17.2 Å². The van der Waals surface area contributed by atoms with Gasteiger partial charge in [0.2, 0.25) is 0 Å². The summed E-state index contributed by atoms with van der Waals surface area (Å²) in [4.78, 5) is 9.56. The van der Waals surface area contributed by atoms with E-state index < -0.39 is 0 Å². The highest BCUT2D eigenvalue weighted by Crippen LogP contribution is 2.23. The zero-order chi connectivity index (χ0) is 23.8. The van der Waals surface area contributed by atoms with Gasteiger partial charge in [-0.3, -0.25) is 0 Å². The molecule has 0 N–H and O–H groups in total. The van der Waals surface area contributed by atoms with Crippen molar-refractivity contribution in [2.24, 2.45) is 0 Å². The number of rotatable bonds is 8. The van der Waals surface area contributed by atoms with Crippen molar-refractivity contribution < 1.29 is 14.2 Å². The maximum Gasteiger partial charge on any atom is 0.160 e. The fraction of sp³-hybridized carbons (Fsp3) is 0.103. The first-order chi connectivity index (χ1) is 16.7. The molecule has 0 saturated carbocycles. The first-order valence-electron chi connectivity index (χ1n) is 10.8. The number of nitrogens with zero attached hydrogens (tertiary/aromatic N) is 2. The lowest BCUT2D eigenvalue weighted by Crippen LogP contribution is -1.95. The van der Waals surface area contributed by atoms with Crippen LogP contribution in [0.3, 0.4) is 0 Å². The minimum Gasteiger partial charge on any atom is -0.497 e. The first kappa shape index (κ1) is 22.8. The van der Waals surface area contributed by atoms with Crippen molar-refractivity contribution in [2.45, 2.75) is 0 Å². The summed E-state index contributed by atoms with van der Waals surface area (Å²) in [5.41, 5.74) is 4.51. The highest BCUT2D eigenvalue weighted by atomic mass is 16.5. The zero-order valence-electron chi connectivity index (χ0n) is 19.4. The Bertz CT molecular complexity index is 1250. The predicted octanol–water partition coefficient (Wildman–Crippen LogP) is 6.51. The minimum absolute atomic E-state index is 0.622. The fourth-order valence-electron chi connectivity index (χ4n) is 3.40. The van der Waals surface area contributed by atoms with Crippen LogP contribution in [-0.2, 0) is 0 Å². The lowest BCUT2D eigenvalue weighted by molar-refractivity contribution is 0.414. The average Bonchev–Trinajstić information content (AvgIpc) is 2.91. The van der Waals surface area contributed by atoms with Crippen LogP contribution in [0.15, 0.2) is 78.9 Å². The fourth-order valence-corrected chi connectivity index (χ4v) is 3.40. The van der Waals surface area contributed by atoms with E-state index in [4.69, 9.17) is 24.2 Å². The van der Waals surface area contributed by atoms with Crippen molar-refractivity contribution in [1.29, 1.82) is 0 Å². The highest BCUT2D eigenvalue weighted by Gasteiger charge is 2.06. The highest BCUT2D eigenvalue weighted by molar-refractivity contribution is 5.74.